The standard InChI is InChI=1S/C17H18O/c1-13-10-11-14-6-2-4-8-16(14)18-17-9-5-3-7-15(17)12-13/h2-9,13H,10-12H2,1H3. The van der Waals surface area contributed by atoms with Crippen LogP contribution in [-0.2, 0) is 12.8 Å². The Hall–Kier alpha value is -1.76. The maximum atomic E-state index is 6.11. The van der Waals surface area contributed by atoms with E-state index in [0.29, 0.717) is 5.92 Å². The second kappa shape index (κ2) is 4.85. The summed E-state index contributed by atoms with van der Waals surface area (Å²) in [6.45, 7) is 2.32. The molecule has 0 bridgehead atoms. The number of para-hydroxylation sites is 2. The fourth-order valence-electron chi connectivity index (χ4n) is 2.58. The predicted molar refractivity (Wildman–Crippen MR) is 74.1 cm³/mol. The lowest BCUT2D eigenvalue weighted by Gasteiger charge is -2.12. The summed E-state index contributed by atoms with van der Waals surface area (Å²) in [6.07, 6.45) is 3.42. The van der Waals surface area contributed by atoms with Crippen LogP contribution in [0.25, 0.3) is 0 Å². The SMILES string of the molecule is CC1CCc2ccccc2Oc2ccccc2C1. The molecule has 1 nitrogen and oxygen atoms in total. The van der Waals surface area contributed by atoms with Crippen LogP contribution in [0.5, 0.6) is 11.5 Å². The molecule has 2 aromatic rings. The molecular weight excluding hydrogens is 220 g/mol. The molecule has 0 aromatic heterocycles. The first-order valence-electron chi connectivity index (χ1n) is 6.66. The van der Waals surface area contributed by atoms with Crippen LogP contribution >= 0.6 is 0 Å². The van der Waals surface area contributed by atoms with Crippen LogP contribution in [0.4, 0.5) is 0 Å². The van der Waals surface area contributed by atoms with E-state index in [1.54, 1.807) is 0 Å². The van der Waals surface area contributed by atoms with Crippen molar-refractivity contribution in [3.8, 4) is 11.5 Å². The molecule has 0 spiro atoms. The summed E-state index contributed by atoms with van der Waals surface area (Å²) in [5.41, 5.74) is 2.64. The molecule has 92 valence electrons. The molecule has 0 saturated heterocycles. The fourth-order valence-corrected chi connectivity index (χ4v) is 2.58. The van der Waals surface area contributed by atoms with Crippen LogP contribution in [0.15, 0.2) is 48.5 Å². The maximum Gasteiger partial charge on any atom is 0.130 e. The van der Waals surface area contributed by atoms with Gasteiger partial charge in [0, 0.05) is 0 Å². The monoisotopic (exact) mass is 238 g/mol. The van der Waals surface area contributed by atoms with Gasteiger partial charge in [0.25, 0.3) is 0 Å². The highest BCUT2D eigenvalue weighted by atomic mass is 16.5. The van der Waals surface area contributed by atoms with Crippen molar-refractivity contribution in [1.29, 1.82) is 0 Å². The van der Waals surface area contributed by atoms with Gasteiger partial charge in [-0.2, -0.15) is 0 Å². The van der Waals surface area contributed by atoms with Crippen molar-refractivity contribution in [2.24, 2.45) is 5.92 Å². The Morgan fingerprint density at radius 2 is 1.50 bits per heavy atom. The molecule has 1 heterocycles. The zero-order valence-corrected chi connectivity index (χ0v) is 10.7. The average Bonchev–Trinajstić information content (AvgIpc) is 2.46. The molecular formula is C17H18O. The highest BCUT2D eigenvalue weighted by molar-refractivity contribution is 5.42. The molecule has 1 atom stereocenters. The molecule has 1 aliphatic rings. The smallest absolute Gasteiger partial charge is 0.130 e. The topological polar surface area (TPSA) is 9.23 Å². The van der Waals surface area contributed by atoms with Gasteiger partial charge in [-0.3, -0.25) is 0 Å². The van der Waals surface area contributed by atoms with E-state index < -0.39 is 0 Å². The number of ether oxygens (including phenoxy) is 1. The van der Waals surface area contributed by atoms with Gasteiger partial charge >= 0.3 is 0 Å². The predicted octanol–water partition coefficient (Wildman–Crippen LogP) is 4.60. The Labute approximate surface area is 108 Å². The van der Waals surface area contributed by atoms with Crippen LogP contribution in [0.1, 0.15) is 24.5 Å². The molecule has 2 aromatic carbocycles. The number of hydrogen-bond donors (Lipinski definition) is 0. The summed E-state index contributed by atoms with van der Waals surface area (Å²) < 4.78 is 6.11. The summed E-state index contributed by atoms with van der Waals surface area (Å²) in [6, 6.07) is 16.8. The van der Waals surface area contributed by atoms with Gasteiger partial charge in [0.05, 0.1) is 0 Å². The van der Waals surface area contributed by atoms with Crippen molar-refractivity contribution in [3.05, 3.63) is 59.7 Å². The van der Waals surface area contributed by atoms with E-state index in [1.807, 2.05) is 12.1 Å². The molecule has 0 amide bonds. The van der Waals surface area contributed by atoms with E-state index >= 15 is 0 Å². The lowest BCUT2D eigenvalue weighted by atomic mass is 9.94. The molecule has 18 heavy (non-hydrogen) atoms. The molecule has 1 aliphatic heterocycles. The van der Waals surface area contributed by atoms with Crippen LogP contribution in [0.3, 0.4) is 0 Å². The van der Waals surface area contributed by atoms with Crippen LogP contribution < -0.4 is 4.74 Å². The molecule has 3 rings (SSSR count). The lowest BCUT2D eigenvalue weighted by Crippen LogP contribution is -2.00. The minimum absolute atomic E-state index is 0.695. The third-order valence-corrected chi connectivity index (χ3v) is 3.64. The Kier molecular flexibility index (Phi) is 3.06. The molecule has 0 aliphatic carbocycles. The first kappa shape index (κ1) is 11.3. The summed E-state index contributed by atoms with van der Waals surface area (Å²) >= 11 is 0. The van der Waals surface area contributed by atoms with E-state index in [2.05, 4.69) is 43.3 Å². The fraction of sp³-hybridized carbons (Fsp3) is 0.294. The molecule has 0 N–H and O–H groups in total. The van der Waals surface area contributed by atoms with Crippen molar-refractivity contribution < 1.29 is 4.74 Å². The van der Waals surface area contributed by atoms with E-state index in [4.69, 9.17) is 4.74 Å². The summed E-state index contributed by atoms with van der Waals surface area (Å²) in [7, 11) is 0. The molecule has 0 saturated carbocycles. The quantitative estimate of drug-likeness (QED) is 0.651. The van der Waals surface area contributed by atoms with E-state index in [9.17, 15) is 0 Å². The Balaban J connectivity index is 2.06. The number of rotatable bonds is 0. The second-order valence-electron chi connectivity index (χ2n) is 5.17. The second-order valence-corrected chi connectivity index (χ2v) is 5.17. The van der Waals surface area contributed by atoms with Crippen molar-refractivity contribution >= 4 is 0 Å². The van der Waals surface area contributed by atoms with Gasteiger partial charge < -0.3 is 4.74 Å². The highest BCUT2D eigenvalue weighted by Gasteiger charge is 2.14. The molecule has 1 heteroatoms. The van der Waals surface area contributed by atoms with Gasteiger partial charge in [-0.15, -0.1) is 0 Å². The number of benzene rings is 2. The van der Waals surface area contributed by atoms with Crippen LogP contribution in [0.2, 0.25) is 0 Å². The van der Waals surface area contributed by atoms with Crippen molar-refractivity contribution in [1.82, 2.24) is 0 Å². The van der Waals surface area contributed by atoms with Gasteiger partial charge in [0.1, 0.15) is 11.5 Å². The summed E-state index contributed by atoms with van der Waals surface area (Å²) in [5, 5.41) is 0. The van der Waals surface area contributed by atoms with Crippen molar-refractivity contribution in [2.45, 2.75) is 26.2 Å². The largest absolute Gasteiger partial charge is 0.457 e. The van der Waals surface area contributed by atoms with E-state index in [0.717, 1.165) is 24.3 Å². The number of fused-ring (bicyclic) bond motifs is 2. The van der Waals surface area contributed by atoms with Crippen LogP contribution in [-0.4, -0.2) is 0 Å². The first-order valence-corrected chi connectivity index (χ1v) is 6.66. The Bertz CT molecular complexity index is 545. The normalized spacial score (nSPS) is 18.6. The van der Waals surface area contributed by atoms with E-state index in [-0.39, 0.29) is 0 Å². The van der Waals surface area contributed by atoms with E-state index in [1.165, 1.54) is 17.5 Å². The number of hydrogen-bond acceptors (Lipinski definition) is 1. The number of aryl methyl sites for hydroxylation is 1. The van der Waals surface area contributed by atoms with Gasteiger partial charge in [0.2, 0.25) is 0 Å². The summed E-state index contributed by atoms with van der Waals surface area (Å²) in [4.78, 5) is 0. The Morgan fingerprint density at radius 1 is 0.889 bits per heavy atom. The first-order chi connectivity index (χ1) is 8.83. The maximum absolute atomic E-state index is 6.11. The molecule has 0 fully saturated rings. The zero-order chi connectivity index (χ0) is 12.4. The average molecular weight is 238 g/mol. The minimum Gasteiger partial charge on any atom is -0.457 e. The third-order valence-electron chi connectivity index (χ3n) is 3.64. The van der Waals surface area contributed by atoms with Gasteiger partial charge in [-0.25, -0.2) is 0 Å². The molecule has 1 unspecified atom stereocenters. The molecule has 0 radical (unpaired) electrons. The zero-order valence-electron chi connectivity index (χ0n) is 10.7. The third kappa shape index (κ3) is 2.26. The highest BCUT2D eigenvalue weighted by Crippen LogP contribution is 2.33. The summed E-state index contributed by atoms with van der Waals surface area (Å²) in [5.74, 6) is 2.72. The van der Waals surface area contributed by atoms with Gasteiger partial charge in [0.15, 0.2) is 0 Å². The van der Waals surface area contributed by atoms with Crippen LogP contribution in [0, 0.1) is 5.92 Å². The van der Waals surface area contributed by atoms with Crippen molar-refractivity contribution in [3.63, 3.8) is 0 Å². The minimum atomic E-state index is 0.695. The van der Waals surface area contributed by atoms with Gasteiger partial charge in [-0.05, 0) is 48.4 Å². The van der Waals surface area contributed by atoms with Crippen molar-refractivity contribution in [2.75, 3.05) is 0 Å². The lowest BCUT2D eigenvalue weighted by molar-refractivity contribution is 0.471. The van der Waals surface area contributed by atoms with Gasteiger partial charge in [-0.1, -0.05) is 43.3 Å². The Morgan fingerprint density at radius 3 is 2.28 bits per heavy atom.